The molecule has 0 saturated heterocycles. The highest BCUT2D eigenvalue weighted by Gasteiger charge is 2.15. The maximum Gasteiger partial charge on any atom is 0.266 e. The fourth-order valence-corrected chi connectivity index (χ4v) is 3.88. The summed E-state index contributed by atoms with van der Waals surface area (Å²) in [6.07, 6.45) is 1.64. The lowest BCUT2D eigenvalue weighted by molar-refractivity contribution is -0.112. The van der Waals surface area contributed by atoms with E-state index in [1.807, 2.05) is 44.2 Å². The molecule has 1 aromatic heterocycles. The summed E-state index contributed by atoms with van der Waals surface area (Å²) in [5.74, 6) is 0.243. The minimum Gasteiger partial charge on any atom is -0.497 e. The van der Waals surface area contributed by atoms with Crippen molar-refractivity contribution in [3.63, 3.8) is 0 Å². The van der Waals surface area contributed by atoms with Gasteiger partial charge in [-0.3, -0.25) is 4.79 Å². The number of carbonyl (C=O) groups is 1. The summed E-state index contributed by atoms with van der Waals surface area (Å²) in [6, 6.07) is 25.4. The second-order valence-electron chi connectivity index (χ2n) is 7.51. The van der Waals surface area contributed by atoms with Gasteiger partial charge in [0.2, 0.25) is 0 Å². The van der Waals surface area contributed by atoms with Crippen LogP contribution in [0.2, 0.25) is 0 Å². The van der Waals surface area contributed by atoms with E-state index in [2.05, 4.69) is 34.1 Å². The first-order valence-corrected chi connectivity index (χ1v) is 10.3. The molecule has 0 aliphatic heterocycles. The van der Waals surface area contributed by atoms with Crippen LogP contribution in [0.15, 0.2) is 78.4 Å². The molecule has 4 aromatic rings. The number of aryl methyl sites for hydroxylation is 1. The lowest BCUT2D eigenvalue weighted by atomic mass is 10.1. The molecule has 4 rings (SSSR count). The zero-order valence-corrected chi connectivity index (χ0v) is 18.2. The monoisotopic (exact) mass is 421 g/mol. The molecular weight excluding hydrogens is 398 g/mol. The number of rotatable bonds is 5. The third kappa shape index (κ3) is 3.99. The molecular formula is C27H23N3O2. The predicted octanol–water partition coefficient (Wildman–Crippen LogP) is 5.80. The van der Waals surface area contributed by atoms with Gasteiger partial charge < -0.3 is 14.6 Å². The van der Waals surface area contributed by atoms with E-state index in [0.717, 1.165) is 33.4 Å². The fourth-order valence-electron chi connectivity index (χ4n) is 3.88. The van der Waals surface area contributed by atoms with Crippen molar-refractivity contribution in [3.05, 3.63) is 95.3 Å². The number of amides is 1. The second kappa shape index (κ2) is 8.83. The number of nitrogens with zero attached hydrogens (tertiary/aromatic N) is 2. The first kappa shape index (κ1) is 21.0. The summed E-state index contributed by atoms with van der Waals surface area (Å²) in [6.45, 7) is 4.02. The third-order valence-electron chi connectivity index (χ3n) is 5.49. The topological polar surface area (TPSA) is 67.0 Å². The van der Waals surface area contributed by atoms with Gasteiger partial charge in [-0.05, 0) is 67.3 Å². The number of anilines is 1. The minimum absolute atomic E-state index is 0.0407. The van der Waals surface area contributed by atoms with E-state index in [9.17, 15) is 10.1 Å². The van der Waals surface area contributed by atoms with Crippen molar-refractivity contribution in [1.82, 2.24) is 4.57 Å². The maximum absolute atomic E-state index is 12.7. The standard InChI is InChI=1S/C27H23N3O2/c1-18-15-21(16-22(17-28)27(31)29-23-11-13-24(32-3)14-12-23)19(2)30(18)26-10-6-8-20-7-4-5-9-25(20)26/h4-16H,1-3H3,(H,29,31)/b22-16+. The zero-order chi connectivity index (χ0) is 22.7. The number of aromatic nitrogens is 1. The van der Waals surface area contributed by atoms with Crippen LogP contribution in [0.1, 0.15) is 17.0 Å². The molecule has 1 N–H and O–H groups in total. The molecule has 0 radical (unpaired) electrons. The lowest BCUT2D eigenvalue weighted by Crippen LogP contribution is -2.13. The first-order chi connectivity index (χ1) is 15.5. The van der Waals surface area contributed by atoms with E-state index < -0.39 is 5.91 Å². The molecule has 0 saturated carbocycles. The molecule has 0 unspecified atom stereocenters. The highest BCUT2D eigenvalue weighted by molar-refractivity contribution is 6.09. The molecule has 5 nitrogen and oxygen atoms in total. The van der Waals surface area contributed by atoms with Crippen LogP contribution in [0.25, 0.3) is 22.5 Å². The summed E-state index contributed by atoms with van der Waals surface area (Å²) < 4.78 is 7.29. The van der Waals surface area contributed by atoms with Crippen LogP contribution in [0.5, 0.6) is 5.75 Å². The lowest BCUT2D eigenvalue weighted by Gasteiger charge is -2.13. The number of hydrogen-bond donors (Lipinski definition) is 1. The van der Waals surface area contributed by atoms with Gasteiger partial charge in [0.25, 0.3) is 5.91 Å². The van der Waals surface area contributed by atoms with Crippen molar-refractivity contribution < 1.29 is 9.53 Å². The molecule has 0 bridgehead atoms. The van der Waals surface area contributed by atoms with Crippen LogP contribution < -0.4 is 10.1 Å². The molecule has 0 aliphatic rings. The average molecular weight is 422 g/mol. The van der Waals surface area contributed by atoms with Gasteiger partial charge in [-0.25, -0.2) is 0 Å². The van der Waals surface area contributed by atoms with Gasteiger partial charge >= 0.3 is 0 Å². The van der Waals surface area contributed by atoms with Crippen molar-refractivity contribution in [2.24, 2.45) is 0 Å². The Labute approximate surface area is 187 Å². The number of fused-ring (bicyclic) bond motifs is 1. The SMILES string of the molecule is COc1ccc(NC(=O)/C(C#N)=C/c2cc(C)n(-c3cccc4ccccc34)c2C)cc1. The summed E-state index contributed by atoms with van der Waals surface area (Å²) in [5.41, 5.74) is 4.52. The molecule has 3 aromatic carbocycles. The van der Waals surface area contributed by atoms with Gasteiger partial charge in [-0.1, -0.05) is 36.4 Å². The number of benzene rings is 3. The average Bonchev–Trinajstić information content (AvgIpc) is 3.10. The van der Waals surface area contributed by atoms with Crippen LogP contribution in [0.4, 0.5) is 5.69 Å². The van der Waals surface area contributed by atoms with Crippen LogP contribution in [-0.4, -0.2) is 17.6 Å². The highest BCUT2D eigenvalue weighted by Crippen LogP contribution is 2.28. The van der Waals surface area contributed by atoms with Gasteiger partial charge in [0.1, 0.15) is 17.4 Å². The summed E-state index contributed by atoms with van der Waals surface area (Å²) in [4.78, 5) is 12.7. The van der Waals surface area contributed by atoms with E-state index in [0.29, 0.717) is 11.4 Å². The third-order valence-corrected chi connectivity index (χ3v) is 5.49. The Morgan fingerprint density at radius 1 is 1.03 bits per heavy atom. The highest BCUT2D eigenvalue weighted by atomic mass is 16.5. The Morgan fingerprint density at radius 3 is 2.47 bits per heavy atom. The second-order valence-corrected chi connectivity index (χ2v) is 7.51. The van der Waals surface area contributed by atoms with Crippen molar-refractivity contribution in [2.75, 3.05) is 12.4 Å². The fraction of sp³-hybridized carbons (Fsp3) is 0.111. The van der Waals surface area contributed by atoms with Crippen molar-refractivity contribution in [1.29, 1.82) is 5.26 Å². The van der Waals surface area contributed by atoms with Gasteiger partial charge in [-0.2, -0.15) is 5.26 Å². The van der Waals surface area contributed by atoms with Gasteiger partial charge in [0.15, 0.2) is 0 Å². The summed E-state index contributed by atoms with van der Waals surface area (Å²) >= 11 is 0. The molecule has 0 aliphatic carbocycles. The Morgan fingerprint density at radius 2 is 1.75 bits per heavy atom. The van der Waals surface area contributed by atoms with E-state index in [1.54, 1.807) is 37.5 Å². The Kier molecular flexibility index (Phi) is 5.78. The molecule has 0 spiro atoms. The quantitative estimate of drug-likeness (QED) is 0.327. The number of carbonyl (C=O) groups excluding carboxylic acids is 1. The van der Waals surface area contributed by atoms with E-state index >= 15 is 0 Å². The van der Waals surface area contributed by atoms with Crippen LogP contribution >= 0.6 is 0 Å². The molecule has 32 heavy (non-hydrogen) atoms. The van der Waals surface area contributed by atoms with Gasteiger partial charge in [-0.15, -0.1) is 0 Å². The van der Waals surface area contributed by atoms with Crippen molar-refractivity contribution in [3.8, 4) is 17.5 Å². The normalized spacial score (nSPS) is 11.2. The Bertz CT molecular complexity index is 1370. The number of nitriles is 1. The Balaban J connectivity index is 1.69. The summed E-state index contributed by atoms with van der Waals surface area (Å²) in [5, 5.41) is 14.7. The number of nitrogens with one attached hydrogen (secondary N) is 1. The van der Waals surface area contributed by atoms with Gasteiger partial charge in [0.05, 0.1) is 12.8 Å². The first-order valence-electron chi connectivity index (χ1n) is 10.3. The molecule has 5 heteroatoms. The predicted molar refractivity (Wildman–Crippen MR) is 128 cm³/mol. The smallest absolute Gasteiger partial charge is 0.266 e. The maximum atomic E-state index is 12.7. The van der Waals surface area contributed by atoms with Crippen LogP contribution in [0.3, 0.4) is 0 Å². The number of hydrogen-bond acceptors (Lipinski definition) is 3. The number of methoxy groups -OCH3 is 1. The van der Waals surface area contributed by atoms with Crippen molar-refractivity contribution >= 4 is 28.4 Å². The van der Waals surface area contributed by atoms with Crippen LogP contribution in [0, 0.1) is 25.2 Å². The molecule has 1 amide bonds. The van der Waals surface area contributed by atoms with E-state index in [4.69, 9.17) is 4.74 Å². The minimum atomic E-state index is -0.451. The zero-order valence-electron chi connectivity index (χ0n) is 18.2. The molecule has 0 fully saturated rings. The number of ether oxygens (including phenoxy) is 1. The van der Waals surface area contributed by atoms with E-state index in [-0.39, 0.29) is 5.57 Å². The molecule has 158 valence electrons. The summed E-state index contributed by atoms with van der Waals surface area (Å²) in [7, 11) is 1.58. The largest absolute Gasteiger partial charge is 0.497 e. The van der Waals surface area contributed by atoms with Gasteiger partial charge in [0, 0.05) is 22.5 Å². The van der Waals surface area contributed by atoms with E-state index in [1.165, 1.54) is 0 Å². The van der Waals surface area contributed by atoms with Crippen LogP contribution in [-0.2, 0) is 4.79 Å². The molecule has 0 atom stereocenters. The van der Waals surface area contributed by atoms with Crippen molar-refractivity contribution in [2.45, 2.75) is 13.8 Å². The molecule has 1 heterocycles. The Hall–Kier alpha value is -4.30.